The number of anilines is 2. The second-order valence-corrected chi connectivity index (χ2v) is 12.1. The highest BCUT2D eigenvalue weighted by Gasteiger charge is 2.41. The molecule has 9 nitrogen and oxygen atoms in total. The lowest BCUT2D eigenvalue weighted by Gasteiger charge is -2.34. The molecule has 0 fully saturated rings. The van der Waals surface area contributed by atoms with Crippen LogP contribution in [0.3, 0.4) is 0 Å². The zero-order chi connectivity index (χ0) is 33.0. The fourth-order valence-electron chi connectivity index (χ4n) is 5.47. The standard InChI is InChI=1S/C38H36N6O3/c1-37(2,3)47-36(45)43(4)34-26-32(24-25-33(34)39)46-31-22-20-27(21-23-31)35-40-42-44(41-35)38(28-14-8-5-9-15-28,29-16-10-6-11-17-29)30-18-12-7-13-19-30/h5-26H,39H2,1-4H3. The molecule has 9 heteroatoms. The highest BCUT2D eigenvalue weighted by molar-refractivity contribution is 5.91. The molecule has 6 rings (SSSR count). The highest BCUT2D eigenvalue weighted by atomic mass is 16.6. The smallest absolute Gasteiger partial charge is 0.414 e. The first-order valence-electron chi connectivity index (χ1n) is 15.3. The van der Waals surface area contributed by atoms with Crippen LogP contribution in [0.1, 0.15) is 37.5 Å². The molecule has 1 heterocycles. The molecule has 0 aliphatic rings. The molecule has 0 saturated carbocycles. The summed E-state index contributed by atoms with van der Waals surface area (Å²) < 4.78 is 11.6. The maximum Gasteiger partial charge on any atom is 0.414 e. The summed E-state index contributed by atoms with van der Waals surface area (Å²) in [5.74, 6) is 1.57. The largest absolute Gasteiger partial charge is 0.457 e. The molecule has 1 amide bonds. The van der Waals surface area contributed by atoms with Crippen LogP contribution in [0.4, 0.5) is 16.2 Å². The molecule has 0 aliphatic heterocycles. The molecular formula is C38H36N6O3. The summed E-state index contributed by atoms with van der Waals surface area (Å²) in [6.07, 6.45) is -0.512. The predicted octanol–water partition coefficient (Wildman–Crippen LogP) is 7.93. The Morgan fingerprint density at radius 1 is 0.723 bits per heavy atom. The summed E-state index contributed by atoms with van der Waals surface area (Å²) in [5.41, 5.74) is 9.38. The second kappa shape index (κ2) is 12.8. The number of tetrazole rings is 1. The fourth-order valence-corrected chi connectivity index (χ4v) is 5.47. The minimum Gasteiger partial charge on any atom is -0.457 e. The zero-order valence-corrected chi connectivity index (χ0v) is 26.7. The summed E-state index contributed by atoms with van der Waals surface area (Å²) in [4.78, 5) is 15.7. The van der Waals surface area contributed by atoms with Gasteiger partial charge in [-0.2, -0.15) is 0 Å². The van der Waals surface area contributed by atoms with E-state index in [2.05, 4.69) is 46.7 Å². The van der Waals surface area contributed by atoms with Crippen molar-refractivity contribution >= 4 is 17.5 Å². The van der Waals surface area contributed by atoms with E-state index in [0.717, 1.165) is 22.3 Å². The number of hydrogen-bond acceptors (Lipinski definition) is 7. The lowest BCUT2D eigenvalue weighted by atomic mass is 9.77. The van der Waals surface area contributed by atoms with Crippen LogP contribution in [-0.4, -0.2) is 38.9 Å². The van der Waals surface area contributed by atoms with Gasteiger partial charge in [0.2, 0.25) is 5.82 Å². The SMILES string of the molecule is CN(C(=O)OC(C)(C)C)c1cc(Oc2ccc(-c3nnn(C(c4ccccc4)(c4ccccc4)c4ccccc4)n3)cc2)ccc1N. The Kier molecular flexibility index (Phi) is 8.46. The molecule has 0 unspecified atom stereocenters. The third-order valence-electron chi connectivity index (χ3n) is 7.67. The Labute approximate surface area is 274 Å². The quantitative estimate of drug-likeness (QED) is 0.135. The number of ether oxygens (including phenoxy) is 2. The van der Waals surface area contributed by atoms with Crippen molar-refractivity contribution in [2.24, 2.45) is 0 Å². The van der Waals surface area contributed by atoms with Gasteiger partial charge in [0.1, 0.15) is 17.1 Å². The highest BCUT2D eigenvalue weighted by Crippen LogP contribution is 2.40. The number of carbonyl (C=O) groups excluding carboxylic acids is 1. The second-order valence-electron chi connectivity index (χ2n) is 12.1. The number of nitrogens with two attached hydrogens (primary N) is 1. The molecule has 5 aromatic carbocycles. The fraction of sp³-hybridized carbons (Fsp3) is 0.158. The molecular weight excluding hydrogens is 588 g/mol. The van der Waals surface area contributed by atoms with Crippen molar-refractivity contribution in [1.29, 1.82) is 0 Å². The van der Waals surface area contributed by atoms with Crippen molar-refractivity contribution in [2.75, 3.05) is 17.7 Å². The van der Waals surface area contributed by atoms with E-state index in [1.54, 1.807) is 30.0 Å². The minimum absolute atomic E-state index is 0.424. The average Bonchev–Trinajstić information content (AvgIpc) is 3.57. The first-order valence-corrected chi connectivity index (χ1v) is 15.3. The van der Waals surface area contributed by atoms with Crippen LogP contribution >= 0.6 is 0 Å². The Morgan fingerprint density at radius 3 is 1.74 bits per heavy atom. The van der Waals surface area contributed by atoms with Gasteiger partial charge in [-0.1, -0.05) is 91.0 Å². The molecule has 6 aromatic rings. The van der Waals surface area contributed by atoms with Crippen LogP contribution in [0.15, 0.2) is 133 Å². The number of aromatic nitrogens is 4. The number of benzene rings is 5. The number of carbonyl (C=O) groups is 1. The van der Waals surface area contributed by atoms with E-state index in [1.807, 2.05) is 99.6 Å². The van der Waals surface area contributed by atoms with Crippen molar-refractivity contribution in [3.8, 4) is 22.9 Å². The normalized spacial score (nSPS) is 11.6. The molecule has 1 aromatic heterocycles. The lowest BCUT2D eigenvalue weighted by molar-refractivity contribution is 0.0589. The summed E-state index contributed by atoms with van der Waals surface area (Å²) >= 11 is 0. The molecule has 0 saturated heterocycles. The predicted molar refractivity (Wildman–Crippen MR) is 183 cm³/mol. The molecule has 0 spiro atoms. The first-order chi connectivity index (χ1) is 22.6. The van der Waals surface area contributed by atoms with Crippen molar-refractivity contribution in [3.63, 3.8) is 0 Å². The van der Waals surface area contributed by atoms with Gasteiger partial charge in [0.05, 0.1) is 11.4 Å². The van der Waals surface area contributed by atoms with Gasteiger partial charge in [0, 0.05) is 18.7 Å². The Balaban J connectivity index is 1.31. The van der Waals surface area contributed by atoms with Crippen LogP contribution in [0.25, 0.3) is 11.4 Å². The summed E-state index contributed by atoms with van der Waals surface area (Å²) in [6.45, 7) is 5.44. The van der Waals surface area contributed by atoms with E-state index in [9.17, 15) is 4.79 Å². The van der Waals surface area contributed by atoms with Crippen LogP contribution in [0.5, 0.6) is 11.5 Å². The minimum atomic E-state index is -0.864. The number of nitrogens with zero attached hydrogens (tertiary/aromatic N) is 5. The topological polar surface area (TPSA) is 108 Å². The van der Waals surface area contributed by atoms with Gasteiger partial charge in [0.15, 0.2) is 5.54 Å². The van der Waals surface area contributed by atoms with E-state index < -0.39 is 17.2 Å². The van der Waals surface area contributed by atoms with E-state index >= 15 is 0 Å². The third kappa shape index (κ3) is 6.41. The van der Waals surface area contributed by atoms with Crippen LogP contribution < -0.4 is 15.4 Å². The van der Waals surface area contributed by atoms with E-state index in [-0.39, 0.29) is 0 Å². The average molecular weight is 625 g/mol. The Morgan fingerprint density at radius 2 is 1.23 bits per heavy atom. The summed E-state index contributed by atoms with van der Waals surface area (Å²) in [6, 6.07) is 43.2. The third-order valence-corrected chi connectivity index (χ3v) is 7.67. The number of hydrogen-bond donors (Lipinski definition) is 1. The van der Waals surface area contributed by atoms with Gasteiger partial charge in [-0.15, -0.1) is 15.0 Å². The van der Waals surface area contributed by atoms with Crippen molar-refractivity contribution in [3.05, 3.63) is 150 Å². The van der Waals surface area contributed by atoms with Crippen molar-refractivity contribution in [2.45, 2.75) is 31.9 Å². The van der Waals surface area contributed by atoms with Crippen LogP contribution in [0, 0.1) is 0 Å². The molecule has 0 radical (unpaired) electrons. The Bertz CT molecular complexity index is 1860. The van der Waals surface area contributed by atoms with Gasteiger partial charge < -0.3 is 15.2 Å². The van der Waals surface area contributed by atoms with Gasteiger partial charge in [-0.25, -0.2) is 4.79 Å². The molecule has 0 atom stereocenters. The monoisotopic (exact) mass is 624 g/mol. The Hall–Kier alpha value is -5.96. The maximum absolute atomic E-state index is 12.6. The van der Waals surface area contributed by atoms with Crippen LogP contribution in [-0.2, 0) is 10.3 Å². The molecule has 47 heavy (non-hydrogen) atoms. The number of nitrogen functional groups attached to an aromatic ring is 1. The lowest BCUT2D eigenvalue weighted by Crippen LogP contribution is -2.39. The van der Waals surface area contributed by atoms with Crippen LogP contribution in [0.2, 0.25) is 0 Å². The number of amides is 1. The van der Waals surface area contributed by atoms with Gasteiger partial charge >= 0.3 is 6.09 Å². The van der Waals surface area contributed by atoms with Gasteiger partial charge in [-0.3, -0.25) is 4.90 Å². The summed E-state index contributed by atoms with van der Waals surface area (Å²) in [7, 11) is 1.61. The molecule has 236 valence electrons. The van der Waals surface area contributed by atoms with Crippen molar-refractivity contribution < 1.29 is 14.3 Å². The molecule has 2 N–H and O–H groups in total. The maximum atomic E-state index is 12.6. The van der Waals surface area contributed by atoms with Gasteiger partial charge in [-0.05, 0) is 79.1 Å². The number of rotatable bonds is 8. The zero-order valence-electron chi connectivity index (χ0n) is 26.7. The molecule has 0 bridgehead atoms. The van der Waals surface area contributed by atoms with Crippen molar-refractivity contribution in [1.82, 2.24) is 20.2 Å². The van der Waals surface area contributed by atoms with Gasteiger partial charge in [0.25, 0.3) is 0 Å². The van der Waals surface area contributed by atoms with E-state index in [4.69, 9.17) is 20.3 Å². The van der Waals surface area contributed by atoms with E-state index in [0.29, 0.717) is 28.7 Å². The van der Waals surface area contributed by atoms with E-state index in [1.165, 1.54) is 4.90 Å². The first kappa shape index (κ1) is 31.0. The molecule has 0 aliphatic carbocycles. The summed E-state index contributed by atoms with van der Waals surface area (Å²) in [5, 5.41) is 14.1.